The minimum atomic E-state index is -3.41. The van der Waals surface area contributed by atoms with E-state index < -0.39 is 10.0 Å². The molecule has 18 heavy (non-hydrogen) atoms. The number of nitrogens with zero attached hydrogens (tertiary/aromatic N) is 1. The Morgan fingerprint density at radius 2 is 1.89 bits per heavy atom. The Balaban J connectivity index is 2.24. The van der Waals surface area contributed by atoms with Gasteiger partial charge in [0.15, 0.2) is 0 Å². The lowest BCUT2D eigenvalue weighted by Crippen LogP contribution is -2.38. The van der Waals surface area contributed by atoms with Gasteiger partial charge in [0.25, 0.3) is 0 Å². The third kappa shape index (κ3) is 2.87. The van der Waals surface area contributed by atoms with Gasteiger partial charge in [-0.3, -0.25) is 0 Å². The smallest absolute Gasteiger partial charge is 0.207 e. The fourth-order valence-electron chi connectivity index (χ4n) is 2.43. The zero-order valence-electron chi connectivity index (χ0n) is 10.5. The molecule has 0 saturated heterocycles. The van der Waals surface area contributed by atoms with Crippen LogP contribution in [0.2, 0.25) is 5.02 Å². The summed E-state index contributed by atoms with van der Waals surface area (Å²) >= 11 is 5.86. The Labute approximate surface area is 114 Å². The molecule has 3 nitrogen and oxygen atoms in total. The van der Waals surface area contributed by atoms with Crippen molar-refractivity contribution in [3.8, 4) is 0 Å². The van der Waals surface area contributed by atoms with Crippen LogP contribution in [0.3, 0.4) is 0 Å². The second-order valence-electron chi connectivity index (χ2n) is 4.77. The molecule has 100 valence electrons. The highest BCUT2D eigenvalue weighted by Gasteiger charge is 2.28. The van der Waals surface area contributed by atoms with Gasteiger partial charge in [0, 0.05) is 18.1 Å². The van der Waals surface area contributed by atoms with E-state index in [4.69, 9.17) is 11.6 Å². The zero-order valence-corrected chi connectivity index (χ0v) is 12.0. The molecule has 0 unspecified atom stereocenters. The molecule has 2 rings (SSSR count). The van der Waals surface area contributed by atoms with Crippen molar-refractivity contribution in [1.29, 1.82) is 0 Å². The molecule has 1 aliphatic carbocycles. The van der Waals surface area contributed by atoms with Crippen molar-refractivity contribution in [3.05, 3.63) is 29.3 Å². The molecule has 0 aromatic heterocycles. The van der Waals surface area contributed by atoms with Crippen molar-refractivity contribution < 1.29 is 8.42 Å². The number of sulfonamides is 1. The minimum Gasteiger partial charge on any atom is -0.207 e. The first-order valence-corrected chi connectivity index (χ1v) is 8.07. The normalized spacial score (nSPS) is 18.2. The van der Waals surface area contributed by atoms with E-state index in [1.165, 1.54) is 16.8 Å². The molecule has 0 N–H and O–H groups in total. The monoisotopic (exact) mass is 287 g/mol. The number of halogens is 1. The third-order valence-corrected chi connectivity index (χ3v) is 5.70. The summed E-state index contributed by atoms with van der Waals surface area (Å²) in [5.41, 5.74) is 0. The molecule has 1 saturated carbocycles. The predicted molar refractivity (Wildman–Crippen MR) is 73.3 cm³/mol. The van der Waals surface area contributed by atoms with Crippen molar-refractivity contribution in [2.75, 3.05) is 7.05 Å². The molecule has 0 atom stereocenters. The summed E-state index contributed by atoms with van der Waals surface area (Å²) in [7, 11) is -1.74. The van der Waals surface area contributed by atoms with Crippen molar-refractivity contribution in [2.24, 2.45) is 0 Å². The van der Waals surface area contributed by atoms with Crippen LogP contribution in [0.1, 0.15) is 32.1 Å². The average molecular weight is 288 g/mol. The van der Waals surface area contributed by atoms with Crippen LogP contribution in [0.5, 0.6) is 0 Å². The highest BCUT2D eigenvalue weighted by molar-refractivity contribution is 7.89. The van der Waals surface area contributed by atoms with Crippen molar-refractivity contribution in [3.63, 3.8) is 0 Å². The molecular weight excluding hydrogens is 270 g/mol. The van der Waals surface area contributed by atoms with Crippen LogP contribution in [0.15, 0.2) is 29.2 Å². The summed E-state index contributed by atoms with van der Waals surface area (Å²) in [6.45, 7) is 0. The van der Waals surface area contributed by atoms with Crippen LogP contribution in [-0.2, 0) is 10.0 Å². The molecule has 1 aromatic rings. The SMILES string of the molecule is CN(C1CCCCC1)S(=O)(=O)c1cccc(Cl)c1. The fraction of sp³-hybridized carbons (Fsp3) is 0.538. The van der Waals surface area contributed by atoms with Crippen LogP contribution in [-0.4, -0.2) is 25.8 Å². The van der Waals surface area contributed by atoms with Crippen LogP contribution in [0.25, 0.3) is 0 Å². The molecule has 1 aliphatic rings. The summed E-state index contributed by atoms with van der Waals surface area (Å²) in [6, 6.07) is 6.59. The molecule has 0 heterocycles. The molecule has 0 spiro atoms. The highest BCUT2D eigenvalue weighted by atomic mass is 35.5. The lowest BCUT2D eigenvalue weighted by atomic mass is 9.96. The van der Waals surface area contributed by atoms with Crippen LogP contribution < -0.4 is 0 Å². The summed E-state index contributed by atoms with van der Waals surface area (Å²) in [4.78, 5) is 0.281. The van der Waals surface area contributed by atoms with Gasteiger partial charge in [-0.1, -0.05) is 36.9 Å². The van der Waals surface area contributed by atoms with Crippen LogP contribution in [0, 0.1) is 0 Å². The van der Waals surface area contributed by atoms with E-state index in [1.54, 1.807) is 25.2 Å². The maximum absolute atomic E-state index is 12.5. The van der Waals surface area contributed by atoms with Crippen molar-refractivity contribution >= 4 is 21.6 Å². The number of rotatable bonds is 3. The van der Waals surface area contributed by atoms with E-state index in [9.17, 15) is 8.42 Å². The third-order valence-electron chi connectivity index (χ3n) is 3.56. The summed E-state index contributed by atoms with van der Waals surface area (Å²) in [5.74, 6) is 0. The zero-order chi connectivity index (χ0) is 13.2. The molecule has 0 radical (unpaired) electrons. The molecule has 0 bridgehead atoms. The van der Waals surface area contributed by atoms with Gasteiger partial charge in [0.1, 0.15) is 0 Å². The quantitative estimate of drug-likeness (QED) is 0.855. The summed E-state index contributed by atoms with van der Waals surface area (Å²) in [6.07, 6.45) is 5.34. The Hall–Kier alpha value is -0.580. The van der Waals surface area contributed by atoms with E-state index in [2.05, 4.69) is 0 Å². The van der Waals surface area contributed by atoms with Gasteiger partial charge in [-0.05, 0) is 31.0 Å². The van der Waals surface area contributed by atoms with E-state index in [1.807, 2.05) is 0 Å². The minimum absolute atomic E-state index is 0.128. The van der Waals surface area contributed by atoms with Crippen molar-refractivity contribution in [2.45, 2.75) is 43.0 Å². The average Bonchev–Trinajstić information content (AvgIpc) is 2.39. The molecule has 0 aliphatic heterocycles. The number of hydrogen-bond acceptors (Lipinski definition) is 2. The van der Waals surface area contributed by atoms with Gasteiger partial charge in [-0.15, -0.1) is 0 Å². The fourth-order valence-corrected chi connectivity index (χ4v) is 4.15. The first-order valence-electron chi connectivity index (χ1n) is 6.25. The topological polar surface area (TPSA) is 37.4 Å². The van der Waals surface area contributed by atoms with Gasteiger partial charge in [0.05, 0.1) is 4.90 Å². The largest absolute Gasteiger partial charge is 0.243 e. The molecule has 0 amide bonds. The maximum Gasteiger partial charge on any atom is 0.243 e. The Bertz CT molecular complexity index is 509. The Kier molecular flexibility index (Phi) is 4.30. The van der Waals surface area contributed by atoms with E-state index in [0.29, 0.717) is 5.02 Å². The first-order chi connectivity index (χ1) is 8.51. The molecule has 1 aromatic carbocycles. The molecule has 5 heteroatoms. The Morgan fingerprint density at radius 1 is 1.22 bits per heavy atom. The second kappa shape index (κ2) is 5.59. The standard InChI is InChI=1S/C13H18ClNO2S/c1-15(12-7-3-2-4-8-12)18(16,17)13-9-5-6-11(14)10-13/h5-6,9-10,12H,2-4,7-8H2,1H3. The highest BCUT2D eigenvalue weighted by Crippen LogP contribution is 2.27. The van der Waals surface area contributed by atoms with Gasteiger partial charge in [-0.25, -0.2) is 8.42 Å². The number of benzene rings is 1. The predicted octanol–water partition coefficient (Wildman–Crippen LogP) is 3.29. The molecular formula is C13H18ClNO2S. The van der Waals surface area contributed by atoms with E-state index in [-0.39, 0.29) is 10.9 Å². The first kappa shape index (κ1) is 13.8. The van der Waals surface area contributed by atoms with Crippen LogP contribution in [0.4, 0.5) is 0 Å². The van der Waals surface area contributed by atoms with Crippen LogP contribution >= 0.6 is 11.6 Å². The van der Waals surface area contributed by atoms with Gasteiger partial charge < -0.3 is 0 Å². The van der Waals surface area contributed by atoms with Gasteiger partial charge >= 0.3 is 0 Å². The Morgan fingerprint density at radius 3 is 2.50 bits per heavy atom. The maximum atomic E-state index is 12.5. The van der Waals surface area contributed by atoms with Gasteiger partial charge in [0.2, 0.25) is 10.0 Å². The lowest BCUT2D eigenvalue weighted by Gasteiger charge is -2.30. The van der Waals surface area contributed by atoms with Crippen molar-refractivity contribution in [1.82, 2.24) is 4.31 Å². The lowest BCUT2D eigenvalue weighted by molar-refractivity contribution is 0.286. The molecule has 1 fully saturated rings. The van der Waals surface area contributed by atoms with E-state index >= 15 is 0 Å². The summed E-state index contributed by atoms with van der Waals surface area (Å²) in [5, 5.41) is 0.452. The van der Waals surface area contributed by atoms with E-state index in [0.717, 1.165) is 25.7 Å². The second-order valence-corrected chi connectivity index (χ2v) is 7.20. The number of hydrogen-bond donors (Lipinski definition) is 0. The summed E-state index contributed by atoms with van der Waals surface area (Å²) < 4.78 is 26.4. The van der Waals surface area contributed by atoms with Gasteiger partial charge in [-0.2, -0.15) is 4.31 Å².